The van der Waals surface area contributed by atoms with E-state index in [1.807, 2.05) is 0 Å². The molecule has 4 fully saturated rings. The Labute approximate surface area is 98.1 Å². The highest BCUT2D eigenvalue weighted by molar-refractivity contribution is 5.08. The first-order valence-electron chi connectivity index (χ1n) is 7.21. The lowest BCUT2D eigenvalue weighted by Crippen LogP contribution is -2.61. The Bertz CT molecular complexity index is 297. The van der Waals surface area contributed by atoms with Crippen LogP contribution in [-0.4, -0.2) is 24.3 Å². The average Bonchev–Trinajstić information content (AvgIpc) is 2.94. The van der Waals surface area contributed by atoms with E-state index in [0.29, 0.717) is 0 Å². The second-order valence-corrected chi connectivity index (χ2v) is 6.74. The summed E-state index contributed by atoms with van der Waals surface area (Å²) in [6, 6.07) is 0. The fourth-order valence-corrected chi connectivity index (χ4v) is 5.04. The Balaban J connectivity index is 1.60. The molecule has 3 unspecified atom stereocenters. The minimum atomic E-state index is 0.239. The van der Waals surface area contributed by atoms with Crippen molar-refractivity contribution in [2.75, 3.05) is 13.1 Å². The molecule has 1 N–H and O–H groups in total. The molecule has 1 aliphatic heterocycles. The highest BCUT2D eigenvalue weighted by Gasteiger charge is 2.57. The Morgan fingerprint density at radius 2 is 1.94 bits per heavy atom. The van der Waals surface area contributed by atoms with E-state index >= 15 is 0 Å². The fourth-order valence-electron chi connectivity index (χ4n) is 5.04. The maximum Gasteiger partial charge on any atom is 0.0845 e. The van der Waals surface area contributed by atoms with Crippen LogP contribution in [0.4, 0.5) is 0 Å². The summed E-state index contributed by atoms with van der Waals surface area (Å²) < 4.78 is 6.75. The largest absolute Gasteiger partial charge is 0.366 e. The van der Waals surface area contributed by atoms with Crippen molar-refractivity contribution in [1.82, 2.24) is 5.32 Å². The second-order valence-electron chi connectivity index (χ2n) is 6.74. The van der Waals surface area contributed by atoms with Gasteiger partial charge >= 0.3 is 0 Å². The molecule has 2 bridgehead atoms. The third kappa shape index (κ3) is 1.26. The number of ether oxygens (including phenoxy) is 1. The van der Waals surface area contributed by atoms with Crippen LogP contribution in [0.1, 0.15) is 51.4 Å². The minimum absolute atomic E-state index is 0.239. The number of morpholine rings is 1. The van der Waals surface area contributed by atoms with Crippen LogP contribution in [0.3, 0.4) is 0 Å². The van der Waals surface area contributed by atoms with Crippen molar-refractivity contribution in [3.05, 3.63) is 0 Å². The molecule has 2 spiro atoms. The molecular formula is C14H23NO. The number of hydrogen-bond acceptors (Lipinski definition) is 2. The lowest BCUT2D eigenvalue weighted by Gasteiger charge is -2.49. The smallest absolute Gasteiger partial charge is 0.0845 e. The monoisotopic (exact) mass is 221 g/mol. The van der Waals surface area contributed by atoms with E-state index in [4.69, 9.17) is 4.74 Å². The van der Waals surface area contributed by atoms with Gasteiger partial charge < -0.3 is 10.1 Å². The maximum atomic E-state index is 6.75. The van der Waals surface area contributed by atoms with E-state index in [-0.39, 0.29) is 11.2 Å². The molecule has 0 aromatic rings. The predicted molar refractivity (Wildman–Crippen MR) is 63.3 cm³/mol. The van der Waals surface area contributed by atoms with Gasteiger partial charge in [0, 0.05) is 13.1 Å². The molecule has 1 heterocycles. The average molecular weight is 221 g/mol. The zero-order valence-electron chi connectivity index (χ0n) is 10.1. The predicted octanol–water partition coefficient (Wildman–Crippen LogP) is 2.48. The Hall–Kier alpha value is -0.0800. The molecule has 90 valence electrons. The molecule has 2 nitrogen and oxygen atoms in total. The van der Waals surface area contributed by atoms with Crippen molar-refractivity contribution in [2.24, 2.45) is 11.8 Å². The van der Waals surface area contributed by atoms with Gasteiger partial charge in [-0.2, -0.15) is 0 Å². The maximum absolute atomic E-state index is 6.75. The summed E-state index contributed by atoms with van der Waals surface area (Å²) in [4.78, 5) is 0. The molecule has 3 saturated carbocycles. The topological polar surface area (TPSA) is 21.3 Å². The van der Waals surface area contributed by atoms with Gasteiger partial charge in [0.2, 0.25) is 0 Å². The van der Waals surface area contributed by atoms with E-state index in [2.05, 4.69) is 5.32 Å². The van der Waals surface area contributed by atoms with E-state index < -0.39 is 0 Å². The Kier molecular flexibility index (Phi) is 2.00. The van der Waals surface area contributed by atoms with Gasteiger partial charge in [0.15, 0.2) is 0 Å². The first kappa shape index (κ1) is 9.90. The molecule has 3 atom stereocenters. The molecule has 2 heteroatoms. The van der Waals surface area contributed by atoms with Crippen molar-refractivity contribution >= 4 is 0 Å². The van der Waals surface area contributed by atoms with Gasteiger partial charge in [0.25, 0.3) is 0 Å². The second kappa shape index (κ2) is 3.23. The third-order valence-electron chi connectivity index (χ3n) is 5.73. The molecule has 0 amide bonds. The minimum Gasteiger partial charge on any atom is -0.366 e. The molecule has 16 heavy (non-hydrogen) atoms. The molecule has 0 radical (unpaired) electrons. The van der Waals surface area contributed by atoms with Gasteiger partial charge in [-0.05, 0) is 50.4 Å². The van der Waals surface area contributed by atoms with Gasteiger partial charge in [0.05, 0.1) is 11.2 Å². The standard InChI is InChI=1S/C14H23NO/c1-2-6-13(5-1)9-15-10-14(16-13)8-11-3-4-12(14)7-11/h11-12,15H,1-10H2. The molecule has 1 saturated heterocycles. The van der Waals surface area contributed by atoms with Crippen molar-refractivity contribution in [3.8, 4) is 0 Å². The summed E-state index contributed by atoms with van der Waals surface area (Å²) in [5, 5.41) is 3.71. The molecule has 0 aromatic carbocycles. The fraction of sp³-hybridized carbons (Fsp3) is 1.00. The van der Waals surface area contributed by atoms with Crippen LogP contribution in [0.2, 0.25) is 0 Å². The number of hydrogen-bond donors (Lipinski definition) is 1. The SMILES string of the molecule is C1CCC2(C1)CNCC1(CC3CCC1C3)O2. The first-order valence-corrected chi connectivity index (χ1v) is 7.21. The lowest BCUT2D eigenvalue weighted by molar-refractivity contribution is -0.196. The summed E-state index contributed by atoms with van der Waals surface area (Å²) in [6.45, 7) is 2.25. The van der Waals surface area contributed by atoms with Crippen LogP contribution in [0, 0.1) is 11.8 Å². The van der Waals surface area contributed by atoms with Gasteiger partial charge in [-0.15, -0.1) is 0 Å². The molecule has 0 aromatic heterocycles. The Morgan fingerprint density at radius 3 is 2.62 bits per heavy atom. The van der Waals surface area contributed by atoms with Crippen LogP contribution in [-0.2, 0) is 4.74 Å². The Morgan fingerprint density at radius 1 is 1.06 bits per heavy atom. The highest BCUT2D eigenvalue weighted by atomic mass is 16.5. The van der Waals surface area contributed by atoms with Crippen LogP contribution in [0.15, 0.2) is 0 Å². The molecule has 4 aliphatic rings. The summed E-state index contributed by atoms with van der Waals surface area (Å²) in [5.41, 5.74) is 0.494. The van der Waals surface area contributed by atoms with Crippen molar-refractivity contribution in [1.29, 1.82) is 0 Å². The first-order chi connectivity index (χ1) is 7.80. The van der Waals surface area contributed by atoms with Crippen LogP contribution in [0.25, 0.3) is 0 Å². The van der Waals surface area contributed by atoms with Gasteiger partial charge in [-0.3, -0.25) is 0 Å². The lowest BCUT2D eigenvalue weighted by atomic mass is 9.81. The van der Waals surface area contributed by atoms with Crippen molar-refractivity contribution in [2.45, 2.75) is 62.6 Å². The van der Waals surface area contributed by atoms with Gasteiger partial charge in [-0.1, -0.05) is 12.8 Å². The van der Waals surface area contributed by atoms with Crippen molar-refractivity contribution < 1.29 is 4.74 Å². The quantitative estimate of drug-likeness (QED) is 0.678. The molecular weight excluding hydrogens is 198 g/mol. The van der Waals surface area contributed by atoms with E-state index in [9.17, 15) is 0 Å². The van der Waals surface area contributed by atoms with E-state index in [1.165, 1.54) is 51.4 Å². The highest BCUT2D eigenvalue weighted by Crippen LogP contribution is 2.55. The van der Waals surface area contributed by atoms with Crippen LogP contribution >= 0.6 is 0 Å². The summed E-state index contributed by atoms with van der Waals surface area (Å²) in [7, 11) is 0. The van der Waals surface area contributed by atoms with E-state index in [0.717, 1.165) is 24.9 Å². The van der Waals surface area contributed by atoms with Gasteiger partial charge in [-0.25, -0.2) is 0 Å². The molecule has 4 rings (SSSR count). The summed E-state index contributed by atoms with van der Waals surface area (Å²) >= 11 is 0. The van der Waals surface area contributed by atoms with Gasteiger partial charge in [0.1, 0.15) is 0 Å². The summed E-state index contributed by atoms with van der Waals surface area (Å²) in [6.07, 6.45) is 11.1. The zero-order valence-corrected chi connectivity index (χ0v) is 10.1. The van der Waals surface area contributed by atoms with Crippen LogP contribution < -0.4 is 5.32 Å². The number of rotatable bonds is 0. The van der Waals surface area contributed by atoms with Crippen LogP contribution in [0.5, 0.6) is 0 Å². The normalized spacial score (nSPS) is 49.5. The van der Waals surface area contributed by atoms with Crippen molar-refractivity contribution in [3.63, 3.8) is 0 Å². The molecule has 3 aliphatic carbocycles. The van der Waals surface area contributed by atoms with E-state index in [1.54, 1.807) is 0 Å². The number of nitrogens with one attached hydrogen (secondary N) is 1. The summed E-state index contributed by atoms with van der Waals surface area (Å²) in [5.74, 6) is 1.87. The third-order valence-corrected chi connectivity index (χ3v) is 5.73. The number of fused-ring (bicyclic) bond motifs is 3. The zero-order chi connectivity index (χ0) is 10.6.